The Hall–Kier alpha value is -1.10. The lowest BCUT2D eigenvalue weighted by molar-refractivity contribution is -0.144. The minimum atomic E-state index is -0.303. The first-order valence-corrected chi connectivity index (χ1v) is 6.86. The summed E-state index contributed by atoms with van der Waals surface area (Å²) in [6, 6.07) is 0. The van der Waals surface area contributed by atoms with Crippen LogP contribution in [-0.2, 0) is 9.59 Å². The summed E-state index contributed by atoms with van der Waals surface area (Å²) in [7, 11) is 0. The van der Waals surface area contributed by atoms with Crippen LogP contribution in [0.2, 0.25) is 0 Å². The molecule has 0 spiro atoms. The van der Waals surface area contributed by atoms with Crippen LogP contribution in [-0.4, -0.2) is 49.4 Å². The van der Waals surface area contributed by atoms with E-state index in [1.165, 1.54) is 0 Å². The average molecular weight is 255 g/mol. The van der Waals surface area contributed by atoms with E-state index < -0.39 is 0 Å². The number of hydrogen-bond donors (Lipinski definition) is 2. The number of amides is 2. The van der Waals surface area contributed by atoms with Gasteiger partial charge in [0.25, 0.3) is 0 Å². The first-order chi connectivity index (χ1) is 8.59. The van der Waals surface area contributed by atoms with Gasteiger partial charge in [-0.15, -0.1) is 0 Å². The minimum Gasteiger partial charge on any atom is -0.355 e. The number of carbonyl (C=O) groups is 2. The Kier molecular flexibility index (Phi) is 5.59. The smallest absolute Gasteiger partial charge is 0.239 e. The normalized spacial score (nSPS) is 22.8. The van der Waals surface area contributed by atoms with Gasteiger partial charge in [-0.25, -0.2) is 0 Å². The maximum atomic E-state index is 12.6. The molecule has 1 saturated heterocycles. The summed E-state index contributed by atoms with van der Waals surface area (Å²) < 4.78 is 0. The van der Waals surface area contributed by atoms with Crippen LogP contribution in [0.25, 0.3) is 0 Å². The predicted octanol–water partition coefficient (Wildman–Crippen LogP) is 0.361. The predicted molar refractivity (Wildman–Crippen MR) is 71.1 cm³/mol. The van der Waals surface area contributed by atoms with Gasteiger partial charge in [0.1, 0.15) is 0 Å². The molecule has 1 heterocycles. The molecule has 1 rings (SSSR count). The van der Waals surface area contributed by atoms with Gasteiger partial charge in [0.15, 0.2) is 0 Å². The molecule has 1 aliphatic rings. The number of carbonyl (C=O) groups excluding carboxylic acids is 2. The van der Waals surface area contributed by atoms with Crippen LogP contribution in [0.5, 0.6) is 0 Å². The van der Waals surface area contributed by atoms with Gasteiger partial charge < -0.3 is 15.5 Å². The van der Waals surface area contributed by atoms with E-state index in [0.717, 1.165) is 25.9 Å². The van der Waals surface area contributed by atoms with Crippen LogP contribution in [0.3, 0.4) is 0 Å². The zero-order valence-electron chi connectivity index (χ0n) is 11.7. The van der Waals surface area contributed by atoms with Crippen molar-refractivity contribution < 1.29 is 9.59 Å². The molecule has 18 heavy (non-hydrogen) atoms. The number of nitrogens with zero attached hydrogens (tertiary/aromatic N) is 1. The first kappa shape index (κ1) is 15.0. The summed E-state index contributed by atoms with van der Waals surface area (Å²) in [6.07, 6.45) is 1.69. The van der Waals surface area contributed by atoms with E-state index in [1.54, 1.807) is 4.90 Å². The Labute approximate surface area is 109 Å². The Morgan fingerprint density at radius 2 is 2.06 bits per heavy atom. The molecule has 1 unspecified atom stereocenters. The molecule has 0 aromatic rings. The maximum Gasteiger partial charge on any atom is 0.239 e. The summed E-state index contributed by atoms with van der Waals surface area (Å²) in [5.41, 5.74) is -0.303. The quantitative estimate of drug-likeness (QED) is 0.720. The summed E-state index contributed by atoms with van der Waals surface area (Å²) in [5.74, 6) is 0.0358. The average Bonchev–Trinajstić information content (AvgIpc) is 2.85. The van der Waals surface area contributed by atoms with E-state index in [1.807, 2.05) is 20.8 Å². The Morgan fingerprint density at radius 3 is 2.50 bits per heavy atom. The number of rotatable bonds is 6. The molecule has 5 nitrogen and oxygen atoms in total. The van der Waals surface area contributed by atoms with E-state index >= 15 is 0 Å². The summed E-state index contributed by atoms with van der Waals surface area (Å²) in [4.78, 5) is 25.8. The topological polar surface area (TPSA) is 61.4 Å². The van der Waals surface area contributed by atoms with E-state index in [-0.39, 0.29) is 23.8 Å². The van der Waals surface area contributed by atoms with Crippen molar-refractivity contribution >= 4 is 11.8 Å². The third-order valence-corrected chi connectivity index (χ3v) is 3.75. The van der Waals surface area contributed by atoms with Crippen LogP contribution in [0.15, 0.2) is 0 Å². The van der Waals surface area contributed by atoms with Crippen LogP contribution in [0.4, 0.5) is 0 Å². The highest BCUT2D eigenvalue weighted by Crippen LogP contribution is 2.31. The van der Waals surface area contributed by atoms with Gasteiger partial charge in [-0.1, -0.05) is 6.92 Å². The maximum absolute atomic E-state index is 12.6. The second-order valence-electron chi connectivity index (χ2n) is 4.83. The zero-order valence-corrected chi connectivity index (χ0v) is 11.7. The molecule has 0 aromatic heterocycles. The second kappa shape index (κ2) is 6.73. The minimum absolute atomic E-state index is 0.0788. The lowest BCUT2D eigenvalue weighted by atomic mass is 9.82. The van der Waals surface area contributed by atoms with Crippen molar-refractivity contribution in [2.75, 3.05) is 32.7 Å². The van der Waals surface area contributed by atoms with Crippen LogP contribution < -0.4 is 10.6 Å². The largest absolute Gasteiger partial charge is 0.355 e. The molecular weight excluding hydrogens is 230 g/mol. The molecular formula is C13H25N3O2. The van der Waals surface area contributed by atoms with Gasteiger partial charge in [-0.2, -0.15) is 0 Å². The van der Waals surface area contributed by atoms with Crippen LogP contribution >= 0.6 is 0 Å². The molecule has 1 aliphatic heterocycles. The van der Waals surface area contributed by atoms with Crippen molar-refractivity contribution in [3.05, 3.63) is 0 Å². The Bertz CT molecular complexity index is 299. The fraction of sp³-hybridized carbons (Fsp3) is 0.846. The zero-order chi connectivity index (χ0) is 13.6. The van der Waals surface area contributed by atoms with E-state index in [4.69, 9.17) is 0 Å². The van der Waals surface area contributed by atoms with Gasteiger partial charge in [-0.05, 0) is 33.2 Å². The third kappa shape index (κ3) is 3.22. The van der Waals surface area contributed by atoms with Crippen molar-refractivity contribution in [3.8, 4) is 0 Å². The van der Waals surface area contributed by atoms with Crippen LogP contribution in [0, 0.1) is 5.41 Å². The lowest BCUT2D eigenvalue weighted by Crippen LogP contribution is -2.48. The van der Waals surface area contributed by atoms with Gasteiger partial charge in [0.2, 0.25) is 11.8 Å². The standard InChI is InChI=1S/C13H25N3O2/c1-4-13(7-8-14-10-13)12(18)16(6-3)9-11(17)15-5-2/h14H,4-10H2,1-3H3,(H,15,17). The molecule has 5 heteroatoms. The molecule has 0 radical (unpaired) electrons. The highest BCUT2D eigenvalue weighted by molar-refractivity contribution is 5.88. The van der Waals surface area contributed by atoms with Crippen LogP contribution in [0.1, 0.15) is 33.6 Å². The van der Waals surface area contributed by atoms with E-state index in [0.29, 0.717) is 13.1 Å². The van der Waals surface area contributed by atoms with Gasteiger partial charge in [-0.3, -0.25) is 9.59 Å². The van der Waals surface area contributed by atoms with Gasteiger partial charge >= 0.3 is 0 Å². The van der Waals surface area contributed by atoms with Crippen molar-refractivity contribution in [1.82, 2.24) is 15.5 Å². The molecule has 0 aliphatic carbocycles. The van der Waals surface area contributed by atoms with E-state index in [2.05, 4.69) is 10.6 Å². The molecule has 1 atom stereocenters. The second-order valence-corrected chi connectivity index (χ2v) is 4.83. The number of nitrogens with one attached hydrogen (secondary N) is 2. The number of likely N-dealkylation sites (N-methyl/N-ethyl adjacent to an activating group) is 2. The van der Waals surface area contributed by atoms with Crippen molar-refractivity contribution in [1.29, 1.82) is 0 Å². The monoisotopic (exact) mass is 255 g/mol. The molecule has 0 saturated carbocycles. The Morgan fingerprint density at radius 1 is 1.33 bits per heavy atom. The summed E-state index contributed by atoms with van der Waals surface area (Å²) in [5, 5.41) is 5.99. The molecule has 0 aromatic carbocycles. The molecule has 1 fully saturated rings. The molecule has 0 bridgehead atoms. The molecule has 2 N–H and O–H groups in total. The van der Waals surface area contributed by atoms with Crippen molar-refractivity contribution in [2.45, 2.75) is 33.6 Å². The fourth-order valence-corrected chi connectivity index (χ4v) is 2.47. The first-order valence-electron chi connectivity index (χ1n) is 6.86. The summed E-state index contributed by atoms with van der Waals surface area (Å²) in [6.45, 7) is 8.82. The molecule has 104 valence electrons. The SMILES string of the molecule is CCNC(=O)CN(CC)C(=O)C1(CC)CCNC1. The highest BCUT2D eigenvalue weighted by Gasteiger charge is 2.41. The van der Waals surface area contributed by atoms with Gasteiger partial charge in [0, 0.05) is 19.6 Å². The molecule has 2 amide bonds. The number of hydrogen-bond acceptors (Lipinski definition) is 3. The van der Waals surface area contributed by atoms with Gasteiger partial charge in [0.05, 0.1) is 12.0 Å². The van der Waals surface area contributed by atoms with E-state index in [9.17, 15) is 9.59 Å². The third-order valence-electron chi connectivity index (χ3n) is 3.75. The fourth-order valence-electron chi connectivity index (χ4n) is 2.47. The highest BCUT2D eigenvalue weighted by atomic mass is 16.2. The van der Waals surface area contributed by atoms with Crippen molar-refractivity contribution in [3.63, 3.8) is 0 Å². The summed E-state index contributed by atoms with van der Waals surface area (Å²) >= 11 is 0. The van der Waals surface area contributed by atoms with Crippen molar-refractivity contribution in [2.24, 2.45) is 5.41 Å². The Balaban J connectivity index is 2.69. The lowest BCUT2D eigenvalue weighted by Gasteiger charge is -2.32.